The first kappa shape index (κ1) is 38.2. The number of carbonyl (C=O) groups is 4. The summed E-state index contributed by atoms with van der Waals surface area (Å²) < 4.78 is 9.52. The Hall–Kier alpha value is -6.06. The number of amides is 4. The van der Waals surface area contributed by atoms with Gasteiger partial charge in [0.2, 0.25) is 11.8 Å². The number of alkyl carbamates (subject to hydrolysis) is 2. The third-order valence-corrected chi connectivity index (χ3v) is 10.7. The Labute approximate surface area is 324 Å². The van der Waals surface area contributed by atoms with E-state index in [0.29, 0.717) is 30.6 Å². The van der Waals surface area contributed by atoms with Crippen LogP contribution in [0.5, 0.6) is 0 Å². The fourth-order valence-corrected chi connectivity index (χ4v) is 7.70. The SMILES string of the molecule is COC(=O)N[C@H](C(=O)N1CCCC1c1nc2ccc(-c3ncc(-c4ccc5nc([C@@H]6CCCN6C(=O)[C@@H](NC(=O)OC)C(C)C)[nH]c5c4)cn3)cc2[nH]1)C(C)C. The van der Waals surface area contributed by atoms with Crippen molar-refractivity contribution in [3.05, 3.63) is 60.4 Å². The molecule has 4 amide bonds. The Morgan fingerprint density at radius 2 is 1.12 bits per heavy atom. The molecule has 4 N–H and O–H groups in total. The molecule has 0 radical (unpaired) electrons. The van der Waals surface area contributed by atoms with E-state index in [-0.39, 0.29) is 35.7 Å². The number of carbonyl (C=O) groups excluding carboxylic acids is 4. The standard InChI is InChI=1S/C40H48N10O6/c1-21(2)32(47-39(53)55-5)37(51)49-15-7-9-30(49)35-43-26-13-11-23(17-28(26)45-35)25-19-41-34(42-20-25)24-12-14-27-29(18-24)46-36(44-27)31-10-8-16-50(31)38(52)33(22(3)4)48-40(54)56-6/h11-14,17-22,30-33H,7-10,15-16H2,1-6H3,(H,43,45)(H,44,46)(H,47,53)(H,48,54)/t30-,31?,32-,33-/m0/s1. The van der Waals surface area contributed by atoms with Crippen molar-refractivity contribution >= 4 is 46.1 Å². The van der Waals surface area contributed by atoms with Crippen LogP contribution < -0.4 is 10.6 Å². The van der Waals surface area contributed by atoms with E-state index < -0.39 is 24.3 Å². The molecule has 7 rings (SSSR count). The van der Waals surface area contributed by atoms with Crippen LogP contribution in [0.1, 0.15) is 77.1 Å². The molecule has 5 aromatic rings. The van der Waals surface area contributed by atoms with Crippen LogP contribution in [-0.4, -0.2) is 103 Å². The molecular weight excluding hydrogens is 717 g/mol. The fraction of sp³-hybridized carbons (Fsp3) is 0.450. The highest BCUT2D eigenvalue weighted by Gasteiger charge is 2.39. The van der Waals surface area contributed by atoms with Crippen molar-refractivity contribution in [3.8, 4) is 22.5 Å². The maximum Gasteiger partial charge on any atom is 0.407 e. The summed E-state index contributed by atoms with van der Waals surface area (Å²) in [6, 6.07) is 9.83. The lowest BCUT2D eigenvalue weighted by molar-refractivity contribution is -0.136. The number of methoxy groups -OCH3 is 2. The summed E-state index contributed by atoms with van der Waals surface area (Å²) in [4.78, 5) is 80.7. The smallest absolute Gasteiger partial charge is 0.407 e. The van der Waals surface area contributed by atoms with Crippen LogP contribution in [0.25, 0.3) is 44.6 Å². The van der Waals surface area contributed by atoms with Gasteiger partial charge in [-0.1, -0.05) is 33.8 Å². The van der Waals surface area contributed by atoms with Crippen molar-refractivity contribution in [1.29, 1.82) is 0 Å². The van der Waals surface area contributed by atoms with Crippen molar-refractivity contribution in [3.63, 3.8) is 0 Å². The van der Waals surface area contributed by atoms with Crippen LogP contribution in [0.2, 0.25) is 0 Å². The number of benzene rings is 2. The van der Waals surface area contributed by atoms with Crippen molar-refractivity contribution in [2.45, 2.75) is 77.5 Å². The average Bonchev–Trinajstić information content (AvgIpc) is 4.03. The normalized spacial score (nSPS) is 18.1. The highest BCUT2D eigenvalue weighted by Crippen LogP contribution is 2.35. The fourth-order valence-electron chi connectivity index (χ4n) is 7.70. The van der Waals surface area contributed by atoms with Crippen molar-refractivity contribution in [2.24, 2.45) is 11.8 Å². The summed E-state index contributed by atoms with van der Waals surface area (Å²) in [5.74, 6) is 1.39. The number of H-pyrrole nitrogens is 2. The van der Waals surface area contributed by atoms with E-state index in [1.54, 1.807) is 22.2 Å². The van der Waals surface area contributed by atoms with Crippen molar-refractivity contribution in [2.75, 3.05) is 27.3 Å². The highest BCUT2D eigenvalue weighted by molar-refractivity contribution is 5.88. The summed E-state index contributed by atoms with van der Waals surface area (Å²) in [6.07, 6.45) is 5.48. The summed E-state index contributed by atoms with van der Waals surface area (Å²) in [7, 11) is 2.57. The van der Waals surface area contributed by atoms with Crippen molar-refractivity contribution in [1.82, 2.24) is 50.3 Å². The van der Waals surface area contributed by atoms with Gasteiger partial charge in [0, 0.05) is 36.6 Å². The van der Waals surface area contributed by atoms with E-state index in [1.165, 1.54) is 14.2 Å². The molecule has 0 saturated carbocycles. The van der Waals surface area contributed by atoms with E-state index in [4.69, 9.17) is 29.4 Å². The van der Waals surface area contributed by atoms with Gasteiger partial charge in [-0.3, -0.25) is 9.59 Å². The maximum atomic E-state index is 13.6. The van der Waals surface area contributed by atoms with Gasteiger partial charge in [0.1, 0.15) is 23.7 Å². The van der Waals surface area contributed by atoms with Gasteiger partial charge in [0.25, 0.3) is 0 Å². The molecule has 4 atom stereocenters. The first-order valence-corrected chi connectivity index (χ1v) is 19.1. The highest BCUT2D eigenvalue weighted by atomic mass is 16.5. The van der Waals surface area contributed by atoms with Crippen molar-refractivity contribution < 1.29 is 28.7 Å². The zero-order valence-corrected chi connectivity index (χ0v) is 32.5. The van der Waals surface area contributed by atoms with Gasteiger partial charge in [0.05, 0.1) is 48.4 Å². The summed E-state index contributed by atoms with van der Waals surface area (Å²) in [5, 5.41) is 5.38. The summed E-state index contributed by atoms with van der Waals surface area (Å²) >= 11 is 0. The van der Waals surface area contributed by atoms with E-state index >= 15 is 0 Å². The Morgan fingerprint density at radius 3 is 1.57 bits per heavy atom. The molecule has 2 fully saturated rings. The number of hydrogen-bond acceptors (Lipinski definition) is 10. The number of hydrogen-bond donors (Lipinski definition) is 4. The minimum absolute atomic E-state index is 0.120. The predicted octanol–water partition coefficient (Wildman–Crippen LogP) is 5.65. The molecule has 0 bridgehead atoms. The number of aromatic amines is 2. The number of aromatic nitrogens is 6. The molecule has 0 aliphatic carbocycles. The van der Waals surface area contributed by atoms with Gasteiger partial charge >= 0.3 is 12.2 Å². The number of nitrogens with one attached hydrogen (secondary N) is 4. The number of rotatable bonds is 10. The third kappa shape index (κ3) is 7.59. The molecule has 3 aromatic heterocycles. The van der Waals surface area contributed by atoms with Gasteiger partial charge in [-0.05, 0) is 73.4 Å². The van der Waals surface area contributed by atoms with E-state index in [1.807, 2.05) is 64.1 Å². The minimum atomic E-state index is -0.708. The Balaban J connectivity index is 1.06. The largest absolute Gasteiger partial charge is 0.453 e. The average molecular weight is 765 g/mol. The van der Waals surface area contributed by atoms with E-state index in [9.17, 15) is 19.2 Å². The molecule has 5 heterocycles. The molecule has 294 valence electrons. The summed E-state index contributed by atoms with van der Waals surface area (Å²) in [5.41, 5.74) is 5.73. The Kier molecular flexibility index (Phi) is 10.9. The molecule has 16 heteroatoms. The predicted molar refractivity (Wildman–Crippen MR) is 208 cm³/mol. The first-order chi connectivity index (χ1) is 26.9. The number of likely N-dealkylation sites (tertiary alicyclic amines) is 2. The van der Waals surface area contributed by atoms with Gasteiger partial charge < -0.3 is 39.9 Å². The van der Waals surface area contributed by atoms with Crippen LogP contribution in [0, 0.1) is 11.8 Å². The van der Waals surface area contributed by atoms with Crippen LogP contribution >= 0.6 is 0 Å². The molecular formula is C40H48N10O6. The molecule has 2 saturated heterocycles. The molecule has 56 heavy (non-hydrogen) atoms. The van der Waals surface area contributed by atoms with Crippen LogP contribution in [0.4, 0.5) is 9.59 Å². The molecule has 2 aliphatic heterocycles. The lowest BCUT2D eigenvalue weighted by atomic mass is 10.0. The van der Waals surface area contributed by atoms with E-state index in [0.717, 1.165) is 64.4 Å². The van der Waals surface area contributed by atoms with Crippen LogP contribution in [0.3, 0.4) is 0 Å². The second-order valence-electron chi connectivity index (χ2n) is 15.1. The lowest BCUT2D eigenvalue weighted by Gasteiger charge is -2.29. The lowest BCUT2D eigenvalue weighted by Crippen LogP contribution is -2.51. The minimum Gasteiger partial charge on any atom is -0.453 e. The second-order valence-corrected chi connectivity index (χ2v) is 15.1. The zero-order chi connectivity index (χ0) is 39.7. The molecule has 1 unspecified atom stereocenters. The van der Waals surface area contributed by atoms with Gasteiger partial charge in [0.15, 0.2) is 5.82 Å². The van der Waals surface area contributed by atoms with Gasteiger partial charge in [-0.15, -0.1) is 0 Å². The van der Waals surface area contributed by atoms with E-state index in [2.05, 4.69) is 20.6 Å². The van der Waals surface area contributed by atoms with Gasteiger partial charge in [-0.25, -0.2) is 29.5 Å². The number of nitrogens with zero attached hydrogens (tertiary/aromatic N) is 6. The monoisotopic (exact) mass is 764 g/mol. The topological polar surface area (TPSA) is 200 Å². The molecule has 2 aromatic carbocycles. The van der Waals surface area contributed by atoms with Crippen LogP contribution in [0.15, 0.2) is 48.8 Å². The second kappa shape index (κ2) is 16.0. The third-order valence-electron chi connectivity index (χ3n) is 10.7. The molecule has 2 aliphatic rings. The quantitative estimate of drug-likeness (QED) is 0.138. The first-order valence-electron chi connectivity index (χ1n) is 19.1. The Morgan fingerprint density at radius 1 is 0.679 bits per heavy atom. The molecule has 16 nitrogen and oxygen atoms in total. The molecule has 0 spiro atoms. The zero-order valence-electron chi connectivity index (χ0n) is 32.5. The maximum absolute atomic E-state index is 13.6. The van der Waals surface area contributed by atoms with Crippen LogP contribution in [-0.2, 0) is 19.1 Å². The summed E-state index contributed by atoms with van der Waals surface area (Å²) in [6.45, 7) is 8.72. The number of ether oxygens (including phenoxy) is 2. The number of imidazole rings is 2. The number of fused-ring (bicyclic) bond motifs is 2. The Bertz CT molecular complexity index is 2090. The van der Waals surface area contributed by atoms with Gasteiger partial charge in [-0.2, -0.15) is 0 Å².